The Balaban J connectivity index is 0.000000394. The van der Waals surface area contributed by atoms with Gasteiger partial charge in [0.25, 0.3) is 0 Å². The molecular formula is C17H27NO3. The molecule has 0 aromatic heterocycles. The first-order chi connectivity index (χ1) is 9.65. The van der Waals surface area contributed by atoms with Gasteiger partial charge in [0.15, 0.2) is 0 Å². The van der Waals surface area contributed by atoms with Crippen molar-refractivity contribution in [2.24, 2.45) is 5.92 Å². The number of carbonyl (C=O) groups is 2. The summed E-state index contributed by atoms with van der Waals surface area (Å²) in [7, 11) is 0. The van der Waals surface area contributed by atoms with Crippen molar-refractivity contribution in [3.63, 3.8) is 0 Å². The smallest absolute Gasteiger partial charge is 0.326 e. The van der Waals surface area contributed by atoms with Crippen LogP contribution in [-0.4, -0.2) is 23.0 Å². The predicted molar refractivity (Wildman–Crippen MR) is 85.3 cm³/mol. The number of aliphatic carboxylic acids is 1. The molecule has 21 heavy (non-hydrogen) atoms. The van der Waals surface area contributed by atoms with Crippen LogP contribution in [0.25, 0.3) is 0 Å². The number of rotatable bonds is 4. The highest BCUT2D eigenvalue weighted by Crippen LogP contribution is 2.10. The lowest BCUT2D eigenvalue weighted by Crippen LogP contribution is -2.40. The highest BCUT2D eigenvalue weighted by Gasteiger charge is 2.18. The monoisotopic (exact) mass is 293 g/mol. The zero-order valence-electron chi connectivity index (χ0n) is 13.9. The van der Waals surface area contributed by atoms with Crippen molar-refractivity contribution in [2.75, 3.05) is 0 Å². The van der Waals surface area contributed by atoms with Crippen LogP contribution < -0.4 is 5.32 Å². The summed E-state index contributed by atoms with van der Waals surface area (Å²) in [6.45, 7) is 11.6. The summed E-state index contributed by atoms with van der Waals surface area (Å²) >= 11 is 0. The van der Waals surface area contributed by atoms with Gasteiger partial charge < -0.3 is 10.4 Å². The minimum atomic E-state index is -0.973. The van der Waals surface area contributed by atoms with Gasteiger partial charge in [-0.15, -0.1) is 0 Å². The summed E-state index contributed by atoms with van der Waals surface area (Å²) in [5, 5.41) is 11.0. The zero-order valence-corrected chi connectivity index (χ0v) is 13.9. The van der Waals surface area contributed by atoms with Gasteiger partial charge >= 0.3 is 5.97 Å². The minimum absolute atomic E-state index is 0.262. The van der Waals surface area contributed by atoms with E-state index < -0.39 is 12.0 Å². The highest BCUT2D eigenvalue weighted by atomic mass is 16.4. The number of hydrogen-bond donors (Lipinski definition) is 2. The fourth-order valence-corrected chi connectivity index (χ4v) is 1.84. The van der Waals surface area contributed by atoms with E-state index in [0.29, 0.717) is 6.42 Å². The van der Waals surface area contributed by atoms with Gasteiger partial charge in [-0.05, 0) is 49.8 Å². The molecule has 1 amide bonds. The van der Waals surface area contributed by atoms with E-state index in [2.05, 4.69) is 44.3 Å². The zero-order chi connectivity index (χ0) is 16.6. The van der Waals surface area contributed by atoms with Gasteiger partial charge in [-0.3, -0.25) is 4.79 Å². The summed E-state index contributed by atoms with van der Waals surface area (Å²) in [6, 6.07) is 5.63. The Morgan fingerprint density at radius 3 is 1.90 bits per heavy atom. The van der Waals surface area contributed by atoms with E-state index in [1.54, 1.807) is 0 Å². The van der Waals surface area contributed by atoms with E-state index in [0.717, 1.165) is 0 Å². The van der Waals surface area contributed by atoms with Crippen LogP contribution in [0.15, 0.2) is 18.2 Å². The molecule has 0 aliphatic heterocycles. The Hall–Kier alpha value is -1.84. The van der Waals surface area contributed by atoms with E-state index in [1.807, 2.05) is 13.8 Å². The Kier molecular flexibility index (Phi) is 8.36. The van der Waals surface area contributed by atoms with Crippen molar-refractivity contribution < 1.29 is 14.7 Å². The maximum Gasteiger partial charge on any atom is 0.326 e. The number of carbonyl (C=O) groups excluding carboxylic acids is 1. The molecule has 0 saturated carbocycles. The summed E-state index contributed by atoms with van der Waals surface area (Å²) in [6.07, 6.45) is 0.467. The van der Waals surface area contributed by atoms with Gasteiger partial charge in [0.05, 0.1) is 0 Å². The lowest BCUT2D eigenvalue weighted by atomic mass is 10.0. The number of hydrogen-bond acceptors (Lipinski definition) is 2. The first-order valence-corrected chi connectivity index (χ1v) is 7.17. The number of carboxylic acid groups (broad SMARTS) is 1. The molecule has 0 aliphatic rings. The van der Waals surface area contributed by atoms with Crippen LogP contribution >= 0.6 is 0 Å². The molecule has 2 N–H and O–H groups in total. The molecule has 4 nitrogen and oxygen atoms in total. The lowest BCUT2D eigenvalue weighted by Gasteiger charge is -2.14. The Morgan fingerprint density at radius 1 is 1.14 bits per heavy atom. The number of aryl methyl sites for hydroxylation is 2. The van der Waals surface area contributed by atoms with Crippen molar-refractivity contribution >= 4 is 11.9 Å². The molecule has 0 saturated heterocycles. The molecule has 0 spiro atoms. The van der Waals surface area contributed by atoms with Gasteiger partial charge in [0, 0.05) is 6.92 Å². The minimum Gasteiger partial charge on any atom is -0.480 e. The highest BCUT2D eigenvalue weighted by molar-refractivity contribution is 5.81. The SMILES string of the molecule is CC(=O)NC(CC(C)C)C(=O)O.Cc1cccc(C)c1C. The summed E-state index contributed by atoms with van der Waals surface area (Å²) in [5.41, 5.74) is 4.18. The average Bonchev–Trinajstić information content (AvgIpc) is 2.34. The quantitative estimate of drug-likeness (QED) is 0.895. The van der Waals surface area contributed by atoms with Crippen molar-refractivity contribution in [3.05, 3.63) is 34.9 Å². The topological polar surface area (TPSA) is 66.4 Å². The average molecular weight is 293 g/mol. The molecular weight excluding hydrogens is 266 g/mol. The van der Waals surface area contributed by atoms with E-state index in [-0.39, 0.29) is 11.8 Å². The molecule has 0 bridgehead atoms. The molecule has 1 rings (SSSR count). The van der Waals surface area contributed by atoms with Gasteiger partial charge in [-0.25, -0.2) is 4.79 Å². The molecule has 0 radical (unpaired) electrons. The molecule has 1 unspecified atom stereocenters. The van der Waals surface area contributed by atoms with Crippen LogP contribution in [0, 0.1) is 26.7 Å². The summed E-state index contributed by atoms with van der Waals surface area (Å²) in [4.78, 5) is 21.1. The third kappa shape index (κ3) is 8.12. The number of carboxylic acids is 1. The maximum atomic E-state index is 10.6. The number of amides is 1. The van der Waals surface area contributed by atoms with E-state index >= 15 is 0 Å². The maximum absolute atomic E-state index is 10.6. The van der Waals surface area contributed by atoms with Crippen molar-refractivity contribution in [2.45, 2.75) is 54.0 Å². The lowest BCUT2D eigenvalue weighted by molar-refractivity contribution is -0.142. The van der Waals surface area contributed by atoms with Crippen molar-refractivity contribution in [1.29, 1.82) is 0 Å². The molecule has 1 aromatic carbocycles. The molecule has 1 atom stereocenters. The Labute approximate surface area is 127 Å². The molecule has 118 valence electrons. The fraction of sp³-hybridized carbons (Fsp3) is 0.529. The largest absolute Gasteiger partial charge is 0.480 e. The molecule has 4 heteroatoms. The van der Waals surface area contributed by atoms with Crippen molar-refractivity contribution in [1.82, 2.24) is 5.32 Å². The molecule has 1 aromatic rings. The van der Waals surface area contributed by atoms with Crippen molar-refractivity contribution in [3.8, 4) is 0 Å². The first-order valence-electron chi connectivity index (χ1n) is 7.17. The van der Waals surface area contributed by atoms with Crippen LogP contribution in [0.1, 0.15) is 43.9 Å². The Morgan fingerprint density at radius 2 is 1.62 bits per heavy atom. The van der Waals surface area contributed by atoms with Crippen LogP contribution in [-0.2, 0) is 9.59 Å². The number of benzene rings is 1. The second-order valence-corrected chi connectivity index (χ2v) is 5.74. The first kappa shape index (κ1) is 19.2. The Bertz CT molecular complexity index is 461. The number of nitrogens with one attached hydrogen (secondary N) is 1. The van der Waals surface area contributed by atoms with Crippen LogP contribution in [0.4, 0.5) is 0 Å². The van der Waals surface area contributed by atoms with E-state index in [4.69, 9.17) is 5.11 Å². The normalized spacial score (nSPS) is 11.4. The third-order valence-electron chi connectivity index (χ3n) is 3.26. The fourth-order valence-electron chi connectivity index (χ4n) is 1.84. The standard InChI is InChI=1S/C9H12.C8H15NO3/c1-7-5-4-6-8(2)9(7)3;1-5(2)4-7(8(11)12)9-6(3)10/h4-6H,1-3H3;5,7H,4H2,1-3H3,(H,9,10)(H,11,12). The summed E-state index contributed by atoms with van der Waals surface area (Å²) < 4.78 is 0. The molecule has 0 heterocycles. The van der Waals surface area contributed by atoms with Gasteiger partial charge in [0.1, 0.15) is 6.04 Å². The van der Waals surface area contributed by atoms with Crippen LogP contribution in [0.3, 0.4) is 0 Å². The van der Waals surface area contributed by atoms with Crippen LogP contribution in [0.2, 0.25) is 0 Å². The van der Waals surface area contributed by atoms with Gasteiger partial charge in [-0.1, -0.05) is 32.0 Å². The second-order valence-electron chi connectivity index (χ2n) is 5.74. The molecule has 0 fully saturated rings. The van der Waals surface area contributed by atoms with Gasteiger partial charge in [-0.2, -0.15) is 0 Å². The summed E-state index contributed by atoms with van der Waals surface area (Å²) in [5.74, 6) is -1.01. The van der Waals surface area contributed by atoms with E-state index in [1.165, 1.54) is 23.6 Å². The van der Waals surface area contributed by atoms with Gasteiger partial charge in [0.2, 0.25) is 5.91 Å². The third-order valence-corrected chi connectivity index (χ3v) is 3.26. The van der Waals surface area contributed by atoms with Crippen LogP contribution in [0.5, 0.6) is 0 Å². The second kappa shape index (κ2) is 9.16. The predicted octanol–water partition coefficient (Wildman–Crippen LogP) is 3.23. The molecule has 0 aliphatic carbocycles. The van der Waals surface area contributed by atoms with E-state index in [9.17, 15) is 9.59 Å².